The van der Waals surface area contributed by atoms with Crippen LogP contribution >= 0.6 is 7.82 Å². The van der Waals surface area contributed by atoms with E-state index in [1.165, 1.54) is 8.05 Å². The minimum Gasteiger partial charge on any atom is -0.441 e. The van der Waals surface area contributed by atoms with Crippen LogP contribution in [0.2, 0.25) is 0 Å². The van der Waals surface area contributed by atoms with E-state index in [-0.39, 0.29) is 12.6 Å². The third-order valence-electron chi connectivity index (χ3n) is 1.99. The zero-order valence-corrected chi connectivity index (χ0v) is 9.02. The molecule has 3 unspecified atom stereocenters. The van der Waals surface area contributed by atoms with E-state index in [1.54, 1.807) is 0 Å². The number of ether oxygens (including phenoxy) is 1. The maximum Gasteiger partial charge on any atom is 0.469 e. The van der Waals surface area contributed by atoms with Crippen molar-refractivity contribution in [3.63, 3.8) is 0 Å². The summed E-state index contributed by atoms with van der Waals surface area (Å²) in [5.74, 6) is 0. The van der Waals surface area contributed by atoms with Gasteiger partial charge < -0.3 is 19.2 Å². The molecule has 1 rings (SSSR count). The summed E-state index contributed by atoms with van der Waals surface area (Å²) in [6.45, 7) is 0.273. The molecule has 0 aromatic heterocycles. The summed E-state index contributed by atoms with van der Waals surface area (Å²) in [4.78, 5) is 17.3. The summed E-state index contributed by atoms with van der Waals surface area (Å²) in [5, 5.41) is 0. The molecule has 14 heavy (non-hydrogen) atoms. The van der Waals surface area contributed by atoms with Crippen LogP contribution in [0.4, 0.5) is 0 Å². The summed E-state index contributed by atoms with van der Waals surface area (Å²) >= 11 is 0. The highest BCUT2D eigenvalue weighted by atomic mass is 31.2. The standard InChI is InChI=1S/C5H13B2O6P/c6-5-1-3(13-14(8,9)10)4(12-5)2-11-7/h3-5H,1-2,6-7H2,(H2,8,9,10). The normalized spacial score (nSPS) is 33.4. The molecule has 6 nitrogen and oxygen atoms in total. The molecule has 2 N–H and O–H groups in total. The van der Waals surface area contributed by atoms with Crippen LogP contribution in [0.15, 0.2) is 0 Å². The molecular formula is C5H13B2O6P. The molecule has 1 fully saturated rings. The van der Waals surface area contributed by atoms with Gasteiger partial charge in [-0.3, -0.25) is 4.52 Å². The Morgan fingerprint density at radius 2 is 2.21 bits per heavy atom. The van der Waals surface area contributed by atoms with Crippen molar-refractivity contribution in [1.29, 1.82) is 0 Å². The fourth-order valence-electron chi connectivity index (χ4n) is 1.52. The Labute approximate surface area is 84.0 Å². The van der Waals surface area contributed by atoms with Gasteiger partial charge in [-0.1, -0.05) is 0 Å². The Balaban J connectivity index is 2.53. The smallest absolute Gasteiger partial charge is 0.441 e. The van der Waals surface area contributed by atoms with Crippen LogP contribution in [0.5, 0.6) is 0 Å². The first-order valence-electron chi connectivity index (χ1n) is 4.30. The van der Waals surface area contributed by atoms with Crippen LogP contribution in [0, 0.1) is 0 Å². The minimum absolute atomic E-state index is 0.0632. The van der Waals surface area contributed by atoms with Gasteiger partial charge in [0, 0.05) is 6.00 Å². The third-order valence-corrected chi connectivity index (χ3v) is 2.54. The van der Waals surface area contributed by atoms with Gasteiger partial charge in [0.05, 0.1) is 12.7 Å². The van der Waals surface area contributed by atoms with Crippen LogP contribution in [0.3, 0.4) is 0 Å². The summed E-state index contributed by atoms with van der Waals surface area (Å²) in [6.07, 6.45) is -0.521. The molecule has 0 aromatic carbocycles. The fraction of sp³-hybridized carbons (Fsp3) is 1.00. The second-order valence-corrected chi connectivity index (χ2v) is 4.50. The molecule has 0 radical (unpaired) electrons. The SMILES string of the molecule is BOCC1OC(B)CC1OP(=O)(O)O. The van der Waals surface area contributed by atoms with Crippen LogP contribution in [-0.4, -0.2) is 50.5 Å². The number of phosphoric ester groups is 1. The van der Waals surface area contributed by atoms with Gasteiger partial charge in [0.1, 0.15) is 14.0 Å². The highest BCUT2D eigenvalue weighted by Gasteiger charge is 2.37. The van der Waals surface area contributed by atoms with Crippen molar-refractivity contribution in [2.45, 2.75) is 24.6 Å². The monoisotopic (exact) mass is 222 g/mol. The predicted molar refractivity (Wildman–Crippen MR) is 53.2 cm³/mol. The number of hydrogen-bond acceptors (Lipinski definition) is 4. The van der Waals surface area contributed by atoms with Crippen molar-refractivity contribution in [2.24, 2.45) is 0 Å². The first-order valence-corrected chi connectivity index (χ1v) is 5.83. The Bertz CT molecular complexity index is 232. The molecule has 0 bridgehead atoms. The van der Waals surface area contributed by atoms with Gasteiger partial charge in [-0.05, 0) is 6.42 Å². The zero-order chi connectivity index (χ0) is 10.8. The van der Waals surface area contributed by atoms with E-state index in [9.17, 15) is 4.57 Å². The molecule has 1 heterocycles. The number of rotatable bonds is 4. The summed E-state index contributed by atoms with van der Waals surface area (Å²) < 4.78 is 25.4. The highest BCUT2D eigenvalue weighted by Crippen LogP contribution is 2.41. The number of phosphoric acid groups is 1. The van der Waals surface area contributed by atoms with Crippen molar-refractivity contribution in [2.75, 3.05) is 6.61 Å². The van der Waals surface area contributed by atoms with Crippen molar-refractivity contribution in [1.82, 2.24) is 0 Å². The minimum atomic E-state index is -4.44. The predicted octanol–water partition coefficient (Wildman–Crippen LogP) is -2.22. The lowest BCUT2D eigenvalue weighted by Gasteiger charge is -2.18. The fourth-order valence-corrected chi connectivity index (χ4v) is 2.09. The molecule has 0 aromatic rings. The topological polar surface area (TPSA) is 85.2 Å². The third kappa shape index (κ3) is 3.73. The van der Waals surface area contributed by atoms with E-state index >= 15 is 0 Å². The molecule has 1 aliphatic heterocycles. The molecule has 0 spiro atoms. The first-order chi connectivity index (χ1) is 6.42. The van der Waals surface area contributed by atoms with E-state index in [0.717, 1.165) is 0 Å². The zero-order valence-electron chi connectivity index (χ0n) is 8.12. The van der Waals surface area contributed by atoms with Gasteiger partial charge >= 0.3 is 7.82 Å². The highest BCUT2D eigenvalue weighted by molar-refractivity contribution is 7.46. The van der Waals surface area contributed by atoms with Gasteiger partial charge in [-0.15, -0.1) is 0 Å². The van der Waals surface area contributed by atoms with E-state index in [1.807, 2.05) is 7.85 Å². The lowest BCUT2D eigenvalue weighted by Crippen LogP contribution is -2.28. The number of hydrogen-bond donors (Lipinski definition) is 2. The van der Waals surface area contributed by atoms with Crippen LogP contribution in [-0.2, 0) is 18.5 Å². The lowest BCUT2D eigenvalue weighted by atomic mass is 9.96. The van der Waals surface area contributed by atoms with Crippen molar-refractivity contribution < 1.29 is 28.3 Å². The molecule has 80 valence electrons. The molecule has 1 aliphatic rings. The Hall–Kier alpha value is 0.160. The lowest BCUT2D eigenvalue weighted by molar-refractivity contribution is 0.00374. The van der Waals surface area contributed by atoms with E-state index in [2.05, 4.69) is 4.52 Å². The average Bonchev–Trinajstić information content (AvgIpc) is 2.28. The van der Waals surface area contributed by atoms with E-state index in [4.69, 9.17) is 19.2 Å². The van der Waals surface area contributed by atoms with Gasteiger partial charge in [0.25, 0.3) is 8.05 Å². The second-order valence-electron chi connectivity index (χ2n) is 3.31. The molecule has 9 heteroatoms. The van der Waals surface area contributed by atoms with E-state index in [0.29, 0.717) is 6.42 Å². The molecular weight excluding hydrogens is 209 g/mol. The van der Waals surface area contributed by atoms with Crippen molar-refractivity contribution in [3.05, 3.63) is 0 Å². The molecule has 0 aliphatic carbocycles. The van der Waals surface area contributed by atoms with Crippen LogP contribution in [0.1, 0.15) is 6.42 Å². The van der Waals surface area contributed by atoms with Crippen LogP contribution in [0.25, 0.3) is 0 Å². The Kier molecular flexibility index (Phi) is 4.18. The second kappa shape index (κ2) is 4.79. The maximum atomic E-state index is 10.6. The first kappa shape index (κ1) is 12.2. The van der Waals surface area contributed by atoms with Gasteiger partial charge in [-0.25, -0.2) is 4.57 Å². The molecule has 1 saturated heterocycles. The summed E-state index contributed by atoms with van der Waals surface area (Å²) in [7, 11) is -1.11. The Morgan fingerprint density at radius 1 is 1.57 bits per heavy atom. The van der Waals surface area contributed by atoms with Gasteiger partial charge in [0.15, 0.2) is 0 Å². The molecule has 0 amide bonds. The molecule has 0 saturated carbocycles. The summed E-state index contributed by atoms with van der Waals surface area (Å²) in [6, 6.07) is -0.0632. The Morgan fingerprint density at radius 3 is 2.71 bits per heavy atom. The van der Waals surface area contributed by atoms with Gasteiger partial charge in [0.2, 0.25) is 0 Å². The van der Waals surface area contributed by atoms with Crippen molar-refractivity contribution >= 4 is 23.7 Å². The van der Waals surface area contributed by atoms with Gasteiger partial charge in [-0.2, -0.15) is 0 Å². The summed E-state index contributed by atoms with van der Waals surface area (Å²) in [5.41, 5.74) is 0. The van der Waals surface area contributed by atoms with Crippen molar-refractivity contribution in [3.8, 4) is 0 Å². The largest absolute Gasteiger partial charge is 0.469 e. The quantitative estimate of drug-likeness (QED) is 0.413. The average molecular weight is 222 g/mol. The molecule has 3 atom stereocenters. The maximum absolute atomic E-state index is 10.6. The van der Waals surface area contributed by atoms with E-state index < -0.39 is 20.0 Å². The van der Waals surface area contributed by atoms with Crippen LogP contribution < -0.4 is 0 Å².